The van der Waals surface area contributed by atoms with Gasteiger partial charge in [0.15, 0.2) is 0 Å². The average Bonchev–Trinajstić information content (AvgIpc) is 2.74. The van der Waals surface area contributed by atoms with E-state index in [4.69, 9.17) is 5.41 Å². The van der Waals surface area contributed by atoms with E-state index in [9.17, 15) is 8.78 Å². The van der Waals surface area contributed by atoms with Crippen LogP contribution in [0.15, 0.2) is 66.8 Å². The Labute approximate surface area is 173 Å². The van der Waals surface area contributed by atoms with Gasteiger partial charge in [-0.3, -0.25) is 4.90 Å². The lowest BCUT2D eigenvalue weighted by Gasteiger charge is -2.37. The Morgan fingerprint density at radius 2 is 1.79 bits per heavy atom. The second kappa shape index (κ2) is 11.4. The fourth-order valence-electron chi connectivity index (χ4n) is 3.66. The minimum atomic E-state index is -0.237. The number of allylic oxidation sites excluding steroid dienone is 2. The van der Waals surface area contributed by atoms with Crippen LogP contribution in [0, 0.1) is 17.0 Å². The van der Waals surface area contributed by atoms with Crippen molar-refractivity contribution in [2.45, 2.75) is 45.7 Å². The van der Waals surface area contributed by atoms with Gasteiger partial charge in [-0.25, -0.2) is 8.78 Å². The summed E-state index contributed by atoms with van der Waals surface area (Å²) >= 11 is 0. The van der Waals surface area contributed by atoms with Crippen molar-refractivity contribution in [2.75, 3.05) is 6.54 Å². The molecule has 0 aromatic heterocycles. The van der Waals surface area contributed by atoms with Gasteiger partial charge >= 0.3 is 0 Å². The molecular weight excluding hydrogens is 366 g/mol. The van der Waals surface area contributed by atoms with E-state index in [2.05, 4.69) is 11.5 Å². The first-order valence-corrected chi connectivity index (χ1v) is 10.2. The molecule has 0 saturated heterocycles. The summed E-state index contributed by atoms with van der Waals surface area (Å²) in [5, 5.41) is 7.25. The third kappa shape index (κ3) is 6.47. The van der Waals surface area contributed by atoms with E-state index in [1.54, 1.807) is 18.2 Å². The quantitative estimate of drug-likeness (QED) is 0.443. The van der Waals surface area contributed by atoms with Crippen molar-refractivity contribution in [3.63, 3.8) is 0 Å². The highest BCUT2D eigenvalue weighted by molar-refractivity contribution is 5.69. The second-order valence-corrected chi connectivity index (χ2v) is 6.93. The Morgan fingerprint density at radius 3 is 2.45 bits per heavy atom. The predicted octanol–water partition coefficient (Wildman–Crippen LogP) is 6.11. The van der Waals surface area contributed by atoms with Crippen LogP contribution in [0.3, 0.4) is 0 Å². The predicted molar refractivity (Wildman–Crippen MR) is 117 cm³/mol. The van der Waals surface area contributed by atoms with Crippen LogP contribution < -0.4 is 0 Å². The third-order valence-corrected chi connectivity index (χ3v) is 5.15. The highest BCUT2D eigenvalue weighted by atomic mass is 19.1. The SMILES string of the molecule is C=C/C(=C\C=N)CCN1Cc2ccc(F)cc2CC1Cc1ccc(F)cc1.CC. The molecule has 0 saturated carbocycles. The molecule has 1 unspecified atom stereocenters. The van der Waals surface area contributed by atoms with Gasteiger partial charge in [0.2, 0.25) is 0 Å². The fourth-order valence-corrected chi connectivity index (χ4v) is 3.66. The van der Waals surface area contributed by atoms with Crippen molar-refractivity contribution in [3.8, 4) is 0 Å². The average molecular weight is 397 g/mol. The van der Waals surface area contributed by atoms with Crippen molar-refractivity contribution in [2.24, 2.45) is 0 Å². The molecule has 1 atom stereocenters. The van der Waals surface area contributed by atoms with Crippen molar-refractivity contribution in [1.29, 1.82) is 5.41 Å². The molecule has 0 aliphatic carbocycles. The molecule has 2 nitrogen and oxygen atoms in total. The van der Waals surface area contributed by atoms with Gasteiger partial charge in [0.1, 0.15) is 11.6 Å². The van der Waals surface area contributed by atoms with Gasteiger partial charge in [-0.2, -0.15) is 0 Å². The Morgan fingerprint density at radius 1 is 1.10 bits per heavy atom. The molecule has 1 aliphatic rings. The number of fused-ring (bicyclic) bond motifs is 1. The topological polar surface area (TPSA) is 27.1 Å². The zero-order chi connectivity index (χ0) is 21.2. The van der Waals surface area contributed by atoms with Gasteiger partial charge in [-0.05, 0) is 71.9 Å². The van der Waals surface area contributed by atoms with E-state index in [1.807, 2.05) is 32.0 Å². The molecule has 4 heteroatoms. The molecule has 154 valence electrons. The monoisotopic (exact) mass is 396 g/mol. The standard InChI is InChI=1S/C23H24F2N2.C2H6/c1-2-17(9-11-26)10-12-27-16-19-5-8-22(25)14-20(19)15-23(27)13-18-3-6-21(24)7-4-18;1-2/h2-9,11,14,23,26H,1,10,12-13,15-16H2;1-2H3/b17-9+,26-11?;. The first-order valence-electron chi connectivity index (χ1n) is 10.2. The smallest absolute Gasteiger partial charge is 0.123 e. The van der Waals surface area contributed by atoms with Crippen LogP contribution >= 0.6 is 0 Å². The van der Waals surface area contributed by atoms with Gasteiger partial charge in [-0.1, -0.05) is 44.7 Å². The maximum atomic E-state index is 13.7. The molecule has 3 rings (SSSR count). The number of rotatable bonds is 7. The van der Waals surface area contributed by atoms with Crippen LogP contribution in [0.5, 0.6) is 0 Å². The molecule has 1 aliphatic heterocycles. The van der Waals surface area contributed by atoms with Crippen LogP contribution in [-0.2, 0) is 19.4 Å². The van der Waals surface area contributed by atoms with Crippen LogP contribution in [0.1, 0.15) is 37.0 Å². The molecule has 0 fully saturated rings. The van der Waals surface area contributed by atoms with E-state index < -0.39 is 0 Å². The van der Waals surface area contributed by atoms with E-state index in [0.717, 1.165) is 54.6 Å². The number of hydrogen-bond acceptors (Lipinski definition) is 2. The summed E-state index contributed by atoms with van der Waals surface area (Å²) in [7, 11) is 0. The van der Waals surface area contributed by atoms with Gasteiger partial charge in [0.05, 0.1) is 0 Å². The molecule has 2 aromatic rings. The molecule has 0 radical (unpaired) electrons. The zero-order valence-electron chi connectivity index (χ0n) is 17.3. The van der Waals surface area contributed by atoms with Crippen LogP contribution in [0.4, 0.5) is 8.78 Å². The molecule has 29 heavy (non-hydrogen) atoms. The van der Waals surface area contributed by atoms with Crippen molar-refractivity contribution < 1.29 is 8.78 Å². The minimum Gasteiger partial charge on any atom is -0.309 e. The summed E-state index contributed by atoms with van der Waals surface area (Å²) in [6.45, 7) is 9.40. The lowest BCUT2D eigenvalue weighted by molar-refractivity contribution is 0.172. The second-order valence-electron chi connectivity index (χ2n) is 6.93. The molecule has 2 aromatic carbocycles. The summed E-state index contributed by atoms with van der Waals surface area (Å²) in [4.78, 5) is 2.39. The normalized spacial score (nSPS) is 16.4. The number of hydrogen-bond donors (Lipinski definition) is 1. The summed E-state index contributed by atoms with van der Waals surface area (Å²) in [5.74, 6) is -0.440. The Balaban J connectivity index is 0.00000145. The highest BCUT2D eigenvalue weighted by Gasteiger charge is 2.26. The Bertz CT molecular complexity index is 840. The summed E-state index contributed by atoms with van der Waals surface area (Å²) in [6, 6.07) is 11.8. The largest absolute Gasteiger partial charge is 0.309 e. The first kappa shape index (κ1) is 22.7. The lowest BCUT2D eigenvalue weighted by atomic mass is 9.90. The van der Waals surface area contributed by atoms with Gasteiger partial charge in [0.25, 0.3) is 0 Å². The molecule has 1 heterocycles. The van der Waals surface area contributed by atoms with Gasteiger partial charge in [0, 0.05) is 25.3 Å². The molecule has 0 amide bonds. The number of halogens is 2. The minimum absolute atomic E-state index is 0.203. The lowest BCUT2D eigenvalue weighted by Crippen LogP contribution is -2.42. The van der Waals surface area contributed by atoms with Gasteiger partial charge in [-0.15, -0.1) is 0 Å². The van der Waals surface area contributed by atoms with E-state index in [1.165, 1.54) is 24.4 Å². The van der Waals surface area contributed by atoms with Crippen LogP contribution in [-0.4, -0.2) is 23.7 Å². The van der Waals surface area contributed by atoms with Crippen molar-refractivity contribution in [1.82, 2.24) is 4.90 Å². The Kier molecular flexibility index (Phi) is 8.94. The van der Waals surface area contributed by atoms with Crippen molar-refractivity contribution >= 4 is 6.21 Å². The van der Waals surface area contributed by atoms with Crippen LogP contribution in [0.2, 0.25) is 0 Å². The zero-order valence-corrected chi connectivity index (χ0v) is 17.3. The number of nitrogens with one attached hydrogen (secondary N) is 1. The summed E-state index contributed by atoms with van der Waals surface area (Å²) in [6.07, 6.45) is 7.18. The van der Waals surface area contributed by atoms with Crippen LogP contribution in [0.25, 0.3) is 0 Å². The molecule has 1 N–H and O–H groups in total. The maximum absolute atomic E-state index is 13.7. The summed E-state index contributed by atoms with van der Waals surface area (Å²) < 4.78 is 26.9. The fraction of sp³-hybridized carbons (Fsp3) is 0.320. The first-order chi connectivity index (χ1) is 14.1. The highest BCUT2D eigenvalue weighted by Crippen LogP contribution is 2.27. The maximum Gasteiger partial charge on any atom is 0.123 e. The Hall–Kier alpha value is -2.59. The van der Waals surface area contributed by atoms with E-state index >= 15 is 0 Å². The van der Waals surface area contributed by atoms with E-state index in [-0.39, 0.29) is 17.7 Å². The third-order valence-electron chi connectivity index (χ3n) is 5.15. The number of nitrogens with zero attached hydrogens (tertiary/aromatic N) is 1. The van der Waals surface area contributed by atoms with Crippen molar-refractivity contribution in [3.05, 3.63) is 95.1 Å². The number of benzene rings is 2. The van der Waals surface area contributed by atoms with E-state index in [0.29, 0.717) is 0 Å². The molecule has 0 bridgehead atoms. The molecular formula is C25H30F2N2. The summed E-state index contributed by atoms with van der Waals surface area (Å²) in [5.41, 5.74) is 4.31. The molecule has 0 spiro atoms. The van der Waals surface area contributed by atoms with Gasteiger partial charge < -0.3 is 5.41 Å².